The fourth-order valence-electron chi connectivity index (χ4n) is 1.98. The van der Waals surface area contributed by atoms with Crippen molar-refractivity contribution in [1.82, 2.24) is 9.88 Å². The van der Waals surface area contributed by atoms with Crippen LogP contribution in [0.2, 0.25) is 0 Å². The van der Waals surface area contributed by atoms with Gasteiger partial charge >= 0.3 is 0 Å². The summed E-state index contributed by atoms with van der Waals surface area (Å²) < 4.78 is 5.28. The van der Waals surface area contributed by atoms with E-state index in [9.17, 15) is 10.2 Å². The Morgan fingerprint density at radius 3 is 2.76 bits per heavy atom. The van der Waals surface area contributed by atoms with Gasteiger partial charge in [-0.05, 0) is 6.92 Å². The zero-order valence-electron chi connectivity index (χ0n) is 10.0. The van der Waals surface area contributed by atoms with Crippen LogP contribution in [-0.4, -0.2) is 46.4 Å². The van der Waals surface area contributed by atoms with Crippen LogP contribution in [0.3, 0.4) is 0 Å². The minimum absolute atomic E-state index is 0.0967. The smallest absolute Gasteiger partial charge is 0.141 e. The molecule has 1 aliphatic heterocycles. The molecule has 0 amide bonds. The average molecular weight is 238 g/mol. The predicted molar refractivity (Wildman–Crippen MR) is 62.7 cm³/mol. The highest BCUT2D eigenvalue weighted by Gasteiger charge is 2.17. The minimum atomic E-state index is -0.0967. The average Bonchev–Trinajstić information content (AvgIpc) is 2.37. The topological polar surface area (TPSA) is 65.8 Å². The van der Waals surface area contributed by atoms with Gasteiger partial charge < -0.3 is 14.9 Å². The number of ether oxygens (including phenoxy) is 1. The molecule has 1 aromatic rings. The van der Waals surface area contributed by atoms with Crippen molar-refractivity contribution >= 4 is 0 Å². The van der Waals surface area contributed by atoms with Gasteiger partial charge in [-0.15, -0.1) is 0 Å². The lowest BCUT2D eigenvalue weighted by molar-refractivity contribution is 0.0336. The number of aliphatic hydroxyl groups is 1. The molecule has 5 heteroatoms. The first-order valence-corrected chi connectivity index (χ1v) is 5.79. The van der Waals surface area contributed by atoms with Crippen molar-refractivity contribution in [1.29, 1.82) is 0 Å². The van der Waals surface area contributed by atoms with Gasteiger partial charge in [0.15, 0.2) is 0 Å². The maximum absolute atomic E-state index is 10.0. The number of aliphatic hydroxyl groups excluding tert-OH is 1. The van der Waals surface area contributed by atoms with Gasteiger partial charge in [0.2, 0.25) is 0 Å². The molecule has 0 unspecified atom stereocenters. The van der Waals surface area contributed by atoms with Crippen LogP contribution in [0.1, 0.15) is 16.8 Å². The van der Waals surface area contributed by atoms with Crippen LogP contribution < -0.4 is 0 Å². The lowest BCUT2D eigenvalue weighted by atomic mass is 10.1. The quantitative estimate of drug-likeness (QED) is 0.799. The molecule has 0 radical (unpaired) electrons. The first kappa shape index (κ1) is 12.3. The predicted octanol–water partition coefficient (Wildman–Crippen LogP) is 0.420. The van der Waals surface area contributed by atoms with Crippen molar-refractivity contribution in [3.05, 3.63) is 23.0 Å². The maximum Gasteiger partial charge on any atom is 0.141 e. The van der Waals surface area contributed by atoms with E-state index >= 15 is 0 Å². The highest BCUT2D eigenvalue weighted by atomic mass is 16.5. The normalized spacial score (nSPS) is 17.3. The van der Waals surface area contributed by atoms with Crippen LogP contribution in [0.25, 0.3) is 0 Å². The summed E-state index contributed by atoms with van der Waals surface area (Å²) in [5, 5.41) is 19.3. The number of morpholine rings is 1. The second-order valence-corrected chi connectivity index (χ2v) is 4.24. The molecule has 0 atom stereocenters. The third-order valence-corrected chi connectivity index (χ3v) is 3.09. The van der Waals surface area contributed by atoms with E-state index in [1.54, 1.807) is 13.1 Å². The monoisotopic (exact) mass is 238 g/mol. The van der Waals surface area contributed by atoms with Crippen LogP contribution in [0, 0.1) is 6.92 Å². The van der Waals surface area contributed by atoms with E-state index in [4.69, 9.17) is 4.74 Å². The van der Waals surface area contributed by atoms with Crippen molar-refractivity contribution in [2.75, 3.05) is 26.3 Å². The third-order valence-electron chi connectivity index (χ3n) is 3.09. The Morgan fingerprint density at radius 1 is 1.41 bits per heavy atom. The van der Waals surface area contributed by atoms with Crippen LogP contribution in [0.4, 0.5) is 0 Å². The molecule has 94 valence electrons. The highest BCUT2D eigenvalue weighted by Crippen LogP contribution is 2.25. The first-order valence-electron chi connectivity index (χ1n) is 5.79. The molecule has 1 aliphatic rings. The summed E-state index contributed by atoms with van der Waals surface area (Å²) in [5.74, 6) is 0.197. The number of rotatable bonds is 3. The summed E-state index contributed by atoms with van der Waals surface area (Å²) in [4.78, 5) is 6.26. The minimum Gasteiger partial charge on any atom is -0.506 e. The molecule has 2 N–H and O–H groups in total. The van der Waals surface area contributed by atoms with Crippen LogP contribution >= 0.6 is 0 Å². The SMILES string of the molecule is Cc1ncc(CO)c(CN2CCOCC2)c1O. The molecule has 1 aromatic heterocycles. The Balaban J connectivity index is 2.20. The van der Waals surface area contributed by atoms with Gasteiger partial charge in [0.05, 0.1) is 25.5 Å². The van der Waals surface area contributed by atoms with Gasteiger partial charge in [-0.1, -0.05) is 0 Å². The van der Waals surface area contributed by atoms with Crippen molar-refractivity contribution in [2.45, 2.75) is 20.1 Å². The van der Waals surface area contributed by atoms with Crippen molar-refractivity contribution in [3.63, 3.8) is 0 Å². The Hall–Kier alpha value is -1.17. The van der Waals surface area contributed by atoms with E-state index in [1.165, 1.54) is 0 Å². The molecule has 5 nitrogen and oxygen atoms in total. The number of nitrogens with zero attached hydrogens (tertiary/aromatic N) is 2. The first-order chi connectivity index (χ1) is 8.22. The van der Waals surface area contributed by atoms with Crippen molar-refractivity contribution < 1.29 is 14.9 Å². The molecule has 0 aromatic carbocycles. The van der Waals surface area contributed by atoms with Gasteiger partial charge in [0.25, 0.3) is 0 Å². The summed E-state index contributed by atoms with van der Waals surface area (Å²) >= 11 is 0. The summed E-state index contributed by atoms with van der Waals surface area (Å²) in [6.45, 7) is 5.45. The third kappa shape index (κ3) is 2.74. The van der Waals surface area contributed by atoms with E-state index < -0.39 is 0 Å². The van der Waals surface area contributed by atoms with Gasteiger partial charge in [-0.2, -0.15) is 0 Å². The Labute approximate surface area is 101 Å². The Kier molecular flexibility index (Phi) is 3.93. The summed E-state index contributed by atoms with van der Waals surface area (Å²) in [6, 6.07) is 0. The Morgan fingerprint density at radius 2 is 2.12 bits per heavy atom. The van der Waals surface area contributed by atoms with Gasteiger partial charge in [-0.25, -0.2) is 0 Å². The molecular formula is C12H18N2O3. The van der Waals surface area contributed by atoms with Crippen molar-refractivity contribution in [2.24, 2.45) is 0 Å². The number of aromatic hydroxyl groups is 1. The fraction of sp³-hybridized carbons (Fsp3) is 0.583. The van der Waals surface area contributed by atoms with Crippen molar-refractivity contribution in [3.8, 4) is 5.75 Å². The molecule has 0 saturated carbocycles. The van der Waals surface area contributed by atoms with E-state index in [-0.39, 0.29) is 12.4 Å². The molecule has 17 heavy (non-hydrogen) atoms. The van der Waals surface area contributed by atoms with Gasteiger partial charge in [-0.3, -0.25) is 9.88 Å². The second-order valence-electron chi connectivity index (χ2n) is 4.24. The largest absolute Gasteiger partial charge is 0.506 e. The Bertz CT molecular complexity index is 390. The molecule has 0 spiro atoms. The maximum atomic E-state index is 10.0. The highest BCUT2D eigenvalue weighted by molar-refractivity contribution is 5.40. The number of hydrogen-bond acceptors (Lipinski definition) is 5. The zero-order valence-corrected chi connectivity index (χ0v) is 10.0. The number of aryl methyl sites for hydroxylation is 1. The zero-order chi connectivity index (χ0) is 12.3. The van der Waals surface area contributed by atoms with E-state index in [0.29, 0.717) is 17.8 Å². The standard InChI is InChI=1S/C12H18N2O3/c1-9-12(16)11(10(8-15)6-13-9)7-14-2-4-17-5-3-14/h6,15-16H,2-5,7-8H2,1H3. The molecule has 0 bridgehead atoms. The van der Waals surface area contributed by atoms with Gasteiger partial charge in [0, 0.05) is 37.0 Å². The summed E-state index contributed by atoms with van der Waals surface area (Å²) in [5.41, 5.74) is 2.08. The molecule has 2 heterocycles. The fourth-order valence-corrected chi connectivity index (χ4v) is 1.98. The van der Waals surface area contributed by atoms with Crippen LogP contribution in [-0.2, 0) is 17.9 Å². The number of aromatic nitrogens is 1. The molecule has 1 saturated heterocycles. The van der Waals surface area contributed by atoms with Crippen LogP contribution in [0.5, 0.6) is 5.75 Å². The van der Waals surface area contributed by atoms with E-state index in [2.05, 4.69) is 9.88 Å². The van der Waals surface area contributed by atoms with Crippen LogP contribution in [0.15, 0.2) is 6.20 Å². The van der Waals surface area contributed by atoms with E-state index in [0.717, 1.165) is 31.9 Å². The lowest BCUT2D eigenvalue weighted by Gasteiger charge is -2.27. The van der Waals surface area contributed by atoms with Gasteiger partial charge in [0.1, 0.15) is 5.75 Å². The number of pyridine rings is 1. The summed E-state index contributed by atoms with van der Waals surface area (Å²) in [6.07, 6.45) is 1.63. The van der Waals surface area contributed by atoms with E-state index in [1.807, 2.05) is 0 Å². The molecule has 2 rings (SSSR count). The lowest BCUT2D eigenvalue weighted by Crippen LogP contribution is -2.36. The second kappa shape index (κ2) is 5.44. The summed E-state index contributed by atoms with van der Waals surface area (Å²) in [7, 11) is 0. The number of hydrogen-bond donors (Lipinski definition) is 2. The molecular weight excluding hydrogens is 220 g/mol. The molecule has 0 aliphatic carbocycles. The molecule has 1 fully saturated rings.